The fourth-order valence-corrected chi connectivity index (χ4v) is 3.44. The van der Waals surface area contributed by atoms with Gasteiger partial charge in [-0.15, -0.1) is 0 Å². The van der Waals surface area contributed by atoms with E-state index < -0.39 is 0 Å². The van der Waals surface area contributed by atoms with Crippen LogP contribution in [0.15, 0.2) is 65.8 Å². The van der Waals surface area contributed by atoms with Crippen LogP contribution in [0.25, 0.3) is 0 Å². The molecule has 0 bridgehead atoms. The number of hydrogen-bond donors (Lipinski definition) is 0. The van der Waals surface area contributed by atoms with Gasteiger partial charge in [0.2, 0.25) is 0 Å². The fourth-order valence-electron chi connectivity index (χ4n) is 3.44. The van der Waals surface area contributed by atoms with Crippen molar-refractivity contribution in [3.8, 4) is 11.8 Å². The quantitative estimate of drug-likeness (QED) is 0.389. The Bertz CT molecular complexity index is 706. The van der Waals surface area contributed by atoms with E-state index in [1.165, 1.54) is 55.5 Å². The van der Waals surface area contributed by atoms with Crippen molar-refractivity contribution >= 4 is 0 Å². The molecule has 0 heterocycles. The Labute approximate surface area is 208 Å². The number of hydrogen-bond acceptors (Lipinski definition) is 1. The second kappa shape index (κ2) is 23.1. The third-order valence-corrected chi connectivity index (χ3v) is 5.20. The number of aryl methyl sites for hydroxylation is 1. The maximum atomic E-state index is 3.81. The maximum absolute atomic E-state index is 3.81. The lowest BCUT2D eigenvalue weighted by molar-refractivity contribution is 0.335. The van der Waals surface area contributed by atoms with E-state index in [9.17, 15) is 0 Å². The molecule has 0 aromatic heterocycles. The summed E-state index contributed by atoms with van der Waals surface area (Å²) in [6, 6.07) is 10.5. The van der Waals surface area contributed by atoms with Gasteiger partial charge in [0.1, 0.15) is 0 Å². The molecule has 0 saturated heterocycles. The van der Waals surface area contributed by atoms with Crippen LogP contribution in [-0.2, 0) is 6.42 Å². The van der Waals surface area contributed by atoms with Crippen molar-refractivity contribution in [1.82, 2.24) is 4.90 Å². The molecule has 0 radical (unpaired) electrons. The maximum Gasteiger partial charge on any atom is 0.0249 e. The Morgan fingerprint density at radius 2 is 1.67 bits per heavy atom. The Kier molecular flexibility index (Phi) is 23.2. The zero-order valence-corrected chi connectivity index (χ0v) is 23.4. The number of rotatable bonds is 6. The van der Waals surface area contributed by atoms with Crippen LogP contribution in [0.1, 0.15) is 93.1 Å². The molecule has 1 aromatic carbocycles. The van der Waals surface area contributed by atoms with E-state index in [1.807, 2.05) is 26.8 Å². The van der Waals surface area contributed by atoms with Crippen molar-refractivity contribution in [2.45, 2.75) is 93.9 Å². The highest BCUT2D eigenvalue weighted by molar-refractivity contribution is 5.31. The van der Waals surface area contributed by atoms with E-state index in [-0.39, 0.29) is 0 Å². The molecule has 1 aliphatic rings. The first kappa shape index (κ1) is 33.1. The Balaban J connectivity index is 0. The van der Waals surface area contributed by atoms with Gasteiger partial charge in [-0.3, -0.25) is 0 Å². The molecule has 0 fully saturated rings. The summed E-state index contributed by atoms with van der Waals surface area (Å²) in [4.78, 5) is 2.36. The van der Waals surface area contributed by atoms with Crippen LogP contribution >= 0.6 is 0 Å². The van der Waals surface area contributed by atoms with Gasteiger partial charge in [-0.05, 0) is 96.1 Å². The van der Waals surface area contributed by atoms with Crippen LogP contribution in [0.5, 0.6) is 0 Å². The van der Waals surface area contributed by atoms with E-state index in [0.717, 1.165) is 18.4 Å². The summed E-state index contributed by atoms with van der Waals surface area (Å²) in [5.41, 5.74) is 5.38. The molecule has 0 aliphatic heterocycles. The minimum Gasteiger partial charge on any atom is -0.306 e. The van der Waals surface area contributed by atoms with Crippen LogP contribution in [-0.4, -0.2) is 25.0 Å². The minimum absolute atomic E-state index is 0.525. The topological polar surface area (TPSA) is 3.24 Å². The molecule has 33 heavy (non-hydrogen) atoms. The lowest BCUT2D eigenvalue weighted by atomic mass is 9.84. The van der Waals surface area contributed by atoms with E-state index in [0.29, 0.717) is 5.92 Å². The van der Waals surface area contributed by atoms with Crippen molar-refractivity contribution in [3.05, 3.63) is 71.3 Å². The molecular weight excluding hydrogens is 398 g/mol. The number of benzene rings is 1. The van der Waals surface area contributed by atoms with Gasteiger partial charge in [-0.1, -0.05) is 101 Å². The summed E-state index contributed by atoms with van der Waals surface area (Å²) in [5.74, 6) is 6.94. The fraction of sp³-hybridized carbons (Fsp3) is 0.562. The smallest absolute Gasteiger partial charge is 0.0249 e. The highest BCUT2D eigenvalue weighted by Crippen LogP contribution is 2.29. The number of nitrogens with zero attached hydrogens (tertiary/aromatic N) is 1. The zero-order chi connectivity index (χ0) is 25.5. The lowest BCUT2D eigenvalue weighted by Crippen LogP contribution is -2.19. The molecule has 0 spiro atoms. The minimum atomic E-state index is 0.525. The van der Waals surface area contributed by atoms with Crippen LogP contribution < -0.4 is 0 Å². The molecule has 186 valence electrons. The van der Waals surface area contributed by atoms with Gasteiger partial charge in [0.05, 0.1) is 0 Å². The zero-order valence-electron chi connectivity index (χ0n) is 23.4. The lowest BCUT2D eigenvalue weighted by Gasteiger charge is -2.20. The van der Waals surface area contributed by atoms with Crippen LogP contribution in [0.4, 0.5) is 0 Å². The average molecular weight is 452 g/mol. The number of allylic oxidation sites excluding steroid dienone is 5. The van der Waals surface area contributed by atoms with Gasteiger partial charge < -0.3 is 4.90 Å². The molecule has 0 N–H and O–H groups in total. The van der Waals surface area contributed by atoms with Gasteiger partial charge in [0.25, 0.3) is 0 Å². The van der Waals surface area contributed by atoms with E-state index in [4.69, 9.17) is 0 Å². The van der Waals surface area contributed by atoms with Crippen LogP contribution in [0.3, 0.4) is 0 Å². The second-order valence-corrected chi connectivity index (χ2v) is 8.44. The molecule has 2 rings (SSSR count). The normalized spacial score (nSPS) is 14.7. The Morgan fingerprint density at radius 1 is 1.09 bits per heavy atom. The predicted molar refractivity (Wildman–Crippen MR) is 153 cm³/mol. The molecule has 1 heteroatoms. The van der Waals surface area contributed by atoms with Crippen LogP contribution in [0, 0.1) is 17.8 Å². The van der Waals surface area contributed by atoms with Gasteiger partial charge in [0, 0.05) is 5.92 Å². The van der Waals surface area contributed by atoms with Crippen LogP contribution in [0.2, 0.25) is 0 Å². The summed E-state index contributed by atoms with van der Waals surface area (Å²) in [6.07, 6.45) is 11.5. The largest absolute Gasteiger partial charge is 0.306 e. The molecule has 0 saturated carbocycles. The molecule has 1 nitrogen and oxygen atoms in total. The highest BCUT2D eigenvalue weighted by Gasteiger charge is 2.15. The van der Waals surface area contributed by atoms with Gasteiger partial charge >= 0.3 is 0 Å². The van der Waals surface area contributed by atoms with Crippen molar-refractivity contribution < 1.29 is 0 Å². The summed E-state index contributed by atoms with van der Waals surface area (Å²) in [6.45, 7) is 23.2. The third-order valence-electron chi connectivity index (χ3n) is 5.20. The summed E-state index contributed by atoms with van der Waals surface area (Å²) >= 11 is 0. The third kappa shape index (κ3) is 19.2. The summed E-state index contributed by atoms with van der Waals surface area (Å²) in [5, 5.41) is 0. The monoisotopic (exact) mass is 451 g/mol. The SMILES string of the molecule is C=C(C)C#CC1CCC(C)=C(/C=C\C)C1.CC.CCCN(C)CCC.CCc1ccccc1. The van der Waals surface area contributed by atoms with Crippen molar-refractivity contribution in [2.24, 2.45) is 5.92 Å². The molecule has 1 unspecified atom stereocenters. The molecular formula is C32H53N. The predicted octanol–water partition coefficient (Wildman–Crippen LogP) is 9.27. The Morgan fingerprint density at radius 3 is 2.09 bits per heavy atom. The second-order valence-electron chi connectivity index (χ2n) is 8.44. The van der Waals surface area contributed by atoms with Gasteiger partial charge in [0.15, 0.2) is 0 Å². The van der Waals surface area contributed by atoms with E-state index in [2.05, 4.69) is 101 Å². The molecule has 1 atom stereocenters. The summed E-state index contributed by atoms with van der Waals surface area (Å²) < 4.78 is 0. The molecule has 0 amide bonds. The van der Waals surface area contributed by atoms with Crippen molar-refractivity contribution in [1.29, 1.82) is 0 Å². The van der Waals surface area contributed by atoms with Crippen molar-refractivity contribution in [2.75, 3.05) is 20.1 Å². The van der Waals surface area contributed by atoms with Crippen molar-refractivity contribution in [3.63, 3.8) is 0 Å². The summed E-state index contributed by atoms with van der Waals surface area (Å²) in [7, 11) is 2.17. The molecule has 1 aromatic rings. The average Bonchev–Trinajstić information content (AvgIpc) is 2.83. The van der Waals surface area contributed by atoms with Gasteiger partial charge in [-0.2, -0.15) is 0 Å². The standard InChI is InChI=1S/C15H20.C8H10.C7H17N.C2H6/c1-5-6-15-11-14(9-7-12(2)3)10-8-13(15)4;1-2-8-6-4-3-5-7-8;1-4-6-8(3)7-5-2;1-2/h5-6,14H,2,8,10-11H2,1,3-4H3;3-7H,2H2,1H3;4-7H2,1-3H3;1-2H3/b6-5-;;;. The van der Waals surface area contributed by atoms with E-state index >= 15 is 0 Å². The first-order valence-corrected chi connectivity index (χ1v) is 13.1. The first-order valence-electron chi connectivity index (χ1n) is 13.1. The van der Waals surface area contributed by atoms with Gasteiger partial charge in [-0.25, -0.2) is 0 Å². The highest BCUT2D eigenvalue weighted by atomic mass is 15.1. The molecule has 1 aliphatic carbocycles. The Hall–Kier alpha value is -2.04. The van der Waals surface area contributed by atoms with E-state index in [1.54, 1.807) is 0 Å². The first-order chi connectivity index (χ1) is 15.9.